The van der Waals surface area contributed by atoms with Gasteiger partial charge in [-0.2, -0.15) is 0 Å². The molecule has 3 nitrogen and oxygen atoms in total. The van der Waals surface area contributed by atoms with Crippen molar-refractivity contribution in [3.63, 3.8) is 0 Å². The number of ketones is 1. The van der Waals surface area contributed by atoms with Crippen LogP contribution in [-0.4, -0.2) is 29.7 Å². The first-order valence-electron chi connectivity index (χ1n) is 6.53. The molecule has 0 N–H and O–H groups in total. The fourth-order valence-electron chi connectivity index (χ4n) is 2.21. The van der Waals surface area contributed by atoms with Crippen molar-refractivity contribution in [3.05, 3.63) is 35.4 Å². The molecule has 1 saturated heterocycles. The largest absolute Gasteiger partial charge is 0.336 e. The number of hydrogen-bond acceptors (Lipinski definition) is 2. The van der Waals surface area contributed by atoms with E-state index in [0.717, 1.165) is 12.8 Å². The first-order chi connectivity index (χ1) is 8.59. The number of amides is 1. The zero-order chi connectivity index (χ0) is 13.1. The van der Waals surface area contributed by atoms with Crippen LogP contribution in [0, 0.1) is 0 Å². The lowest BCUT2D eigenvalue weighted by molar-refractivity contribution is -0.125. The van der Waals surface area contributed by atoms with E-state index in [-0.39, 0.29) is 11.7 Å². The first kappa shape index (κ1) is 12.8. The predicted molar refractivity (Wildman–Crippen MR) is 70.7 cm³/mol. The fraction of sp³-hybridized carbons (Fsp3) is 0.467. The van der Waals surface area contributed by atoms with Crippen LogP contribution in [0.25, 0.3) is 0 Å². The van der Waals surface area contributed by atoms with Crippen molar-refractivity contribution < 1.29 is 9.59 Å². The van der Waals surface area contributed by atoms with E-state index in [1.807, 2.05) is 12.1 Å². The Morgan fingerprint density at radius 1 is 1.06 bits per heavy atom. The lowest BCUT2D eigenvalue weighted by Gasteiger charge is -2.14. The van der Waals surface area contributed by atoms with Gasteiger partial charge in [0, 0.05) is 18.7 Å². The Morgan fingerprint density at radius 2 is 1.61 bits per heavy atom. The van der Waals surface area contributed by atoms with Gasteiger partial charge in [-0.25, -0.2) is 0 Å². The molecule has 0 atom stereocenters. The number of nitrogens with zero attached hydrogens (tertiary/aromatic N) is 1. The molecule has 0 unspecified atom stereocenters. The Morgan fingerprint density at radius 3 is 2.11 bits per heavy atom. The molecule has 3 heteroatoms. The van der Waals surface area contributed by atoms with Crippen LogP contribution < -0.4 is 0 Å². The van der Waals surface area contributed by atoms with Crippen LogP contribution in [0.3, 0.4) is 0 Å². The van der Waals surface area contributed by atoms with Crippen LogP contribution in [0.5, 0.6) is 0 Å². The molecule has 0 saturated carbocycles. The zero-order valence-corrected chi connectivity index (χ0v) is 11.0. The van der Waals surface area contributed by atoms with Crippen molar-refractivity contribution in [1.82, 2.24) is 4.90 Å². The van der Waals surface area contributed by atoms with E-state index in [1.165, 1.54) is 5.56 Å². The van der Waals surface area contributed by atoms with Crippen molar-refractivity contribution in [1.29, 1.82) is 0 Å². The Balaban J connectivity index is 2.10. The minimum atomic E-state index is -0.382. The van der Waals surface area contributed by atoms with Crippen LogP contribution in [0.15, 0.2) is 24.3 Å². The first-order valence-corrected chi connectivity index (χ1v) is 6.53. The van der Waals surface area contributed by atoms with Crippen LogP contribution in [-0.2, 0) is 4.79 Å². The molecule has 0 bridgehead atoms. The summed E-state index contributed by atoms with van der Waals surface area (Å²) in [6.07, 6.45) is 2.01. The van der Waals surface area contributed by atoms with Gasteiger partial charge in [0.1, 0.15) is 0 Å². The molecule has 0 spiro atoms. The van der Waals surface area contributed by atoms with Crippen molar-refractivity contribution in [2.75, 3.05) is 13.1 Å². The molecule has 18 heavy (non-hydrogen) atoms. The van der Waals surface area contributed by atoms with Gasteiger partial charge in [-0.15, -0.1) is 0 Å². The van der Waals surface area contributed by atoms with E-state index >= 15 is 0 Å². The number of hydrogen-bond donors (Lipinski definition) is 0. The smallest absolute Gasteiger partial charge is 0.294 e. The van der Waals surface area contributed by atoms with Crippen LogP contribution >= 0.6 is 0 Å². The van der Waals surface area contributed by atoms with Crippen LogP contribution in [0.4, 0.5) is 0 Å². The number of carbonyl (C=O) groups excluding carboxylic acids is 2. The average Bonchev–Trinajstić information content (AvgIpc) is 2.91. The summed E-state index contributed by atoms with van der Waals surface area (Å²) >= 11 is 0. The standard InChI is InChI=1S/C15H19NO2/c1-11(2)12-5-7-13(8-6-12)14(17)15(18)16-9-3-4-10-16/h5-8,11H,3-4,9-10H2,1-2H3. The van der Waals surface area contributed by atoms with Gasteiger partial charge >= 0.3 is 0 Å². The SMILES string of the molecule is CC(C)c1ccc(C(=O)C(=O)N2CCCC2)cc1. The van der Waals surface area contributed by atoms with Gasteiger partial charge in [-0.1, -0.05) is 38.1 Å². The highest BCUT2D eigenvalue weighted by atomic mass is 16.2. The second-order valence-electron chi connectivity index (χ2n) is 5.11. The second kappa shape index (κ2) is 5.34. The highest BCUT2D eigenvalue weighted by molar-refractivity contribution is 6.42. The summed E-state index contributed by atoms with van der Waals surface area (Å²) in [5.41, 5.74) is 1.68. The molecule has 0 radical (unpaired) electrons. The van der Waals surface area contributed by atoms with Gasteiger partial charge in [-0.3, -0.25) is 9.59 Å². The van der Waals surface area contributed by atoms with Crippen LogP contribution in [0.2, 0.25) is 0 Å². The van der Waals surface area contributed by atoms with E-state index in [2.05, 4.69) is 13.8 Å². The molecule has 1 amide bonds. The summed E-state index contributed by atoms with van der Waals surface area (Å²) in [6, 6.07) is 7.36. The van der Waals surface area contributed by atoms with Gasteiger partial charge in [-0.05, 0) is 24.3 Å². The number of benzene rings is 1. The summed E-state index contributed by atoms with van der Waals surface area (Å²) in [7, 11) is 0. The summed E-state index contributed by atoms with van der Waals surface area (Å²) in [6.45, 7) is 5.64. The zero-order valence-electron chi connectivity index (χ0n) is 11.0. The number of likely N-dealkylation sites (tertiary alicyclic amines) is 1. The molecule has 1 aromatic rings. The molecule has 1 aliphatic heterocycles. The van der Waals surface area contributed by atoms with Gasteiger partial charge in [0.2, 0.25) is 5.78 Å². The van der Waals surface area contributed by atoms with Crippen molar-refractivity contribution in [2.45, 2.75) is 32.6 Å². The Hall–Kier alpha value is -1.64. The lowest BCUT2D eigenvalue weighted by Crippen LogP contribution is -2.34. The van der Waals surface area contributed by atoms with E-state index in [0.29, 0.717) is 24.6 Å². The van der Waals surface area contributed by atoms with Crippen molar-refractivity contribution >= 4 is 11.7 Å². The average molecular weight is 245 g/mol. The molecule has 1 heterocycles. The van der Waals surface area contributed by atoms with Gasteiger partial charge in [0.15, 0.2) is 0 Å². The minimum absolute atomic E-state index is 0.357. The fourth-order valence-corrected chi connectivity index (χ4v) is 2.21. The summed E-state index contributed by atoms with van der Waals surface area (Å²) < 4.78 is 0. The lowest BCUT2D eigenvalue weighted by atomic mass is 10.0. The maximum atomic E-state index is 12.0. The minimum Gasteiger partial charge on any atom is -0.336 e. The van der Waals surface area contributed by atoms with Gasteiger partial charge in [0.05, 0.1) is 0 Å². The Labute approximate surface area is 108 Å². The van der Waals surface area contributed by atoms with Crippen molar-refractivity contribution in [2.24, 2.45) is 0 Å². The quantitative estimate of drug-likeness (QED) is 0.606. The van der Waals surface area contributed by atoms with E-state index in [1.54, 1.807) is 17.0 Å². The maximum absolute atomic E-state index is 12.0. The normalized spacial score (nSPS) is 15.2. The third-order valence-corrected chi connectivity index (χ3v) is 3.43. The molecule has 1 aromatic carbocycles. The molecule has 0 aliphatic carbocycles. The highest BCUT2D eigenvalue weighted by Crippen LogP contribution is 2.16. The molecule has 96 valence electrons. The van der Waals surface area contributed by atoms with Crippen molar-refractivity contribution in [3.8, 4) is 0 Å². The Kier molecular flexibility index (Phi) is 3.80. The van der Waals surface area contributed by atoms with Crippen LogP contribution in [0.1, 0.15) is 48.5 Å². The monoisotopic (exact) mass is 245 g/mol. The van der Waals surface area contributed by atoms with E-state index in [4.69, 9.17) is 0 Å². The summed E-state index contributed by atoms with van der Waals surface area (Å²) in [4.78, 5) is 25.6. The molecular weight excluding hydrogens is 226 g/mol. The second-order valence-corrected chi connectivity index (χ2v) is 5.11. The maximum Gasteiger partial charge on any atom is 0.294 e. The molecule has 0 aromatic heterocycles. The molecule has 1 aliphatic rings. The number of Topliss-reactive ketones (excluding diaryl/α,β-unsaturated/α-hetero) is 1. The third-order valence-electron chi connectivity index (χ3n) is 3.43. The molecular formula is C15H19NO2. The predicted octanol–water partition coefficient (Wildman–Crippen LogP) is 2.62. The molecule has 2 rings (SSSR count). The molecule has 1 fully saturated rings. The van der Waals surface area contributed by atoms with E-state index < -0.39 is 0 Å². The number of carbonyl (C=O) groups is 2. The summed E-state index contributed by atoms with van der Waals surface area (Å²) in [5, 5.41) is 0. The van der Waals surface area contributed by atoms with E-state index in [9.17, 15) is 9.59 Å². The number of rotatable bonds is 3. The van der Waals surface area contributed by atoms with Gasteiger partial charge in [0.25, 0.3) is 5.91 Å². The summed E-state index contributed by atoms with van der Waals surface area (Å²) in [5.74, 6) is -0.305. The Bertz CT molecular complexity index is 442. The third kappa shape index (κ3) is 2.61. The van der Waals surface area contributed by atoms with Gasteiger partial charge < -0.3 is 4.90 Å². The highest BCUT2D eigenvalue weighted by Gasteiger charge is 2.25. The topological polar surface area (TPSA) is 37.4 Å².